The molecular formula is C14H12F2N2O. The van der Waals surface area contributed by atoms with Crippen molar-refractivity contribution in [2.45, 2.75) is 6.61 Å². The third-order valence-corrected chi connectivity index (χ3v) is 2.53. The third-order valence-electron chi connectivity index (χ3n) is 2.53. The lowest BCUT2D eigenvalue weighted by Gasteiger charge is -2.08. The molecule has 0 radical (unpaired) electrons. The Morgan fingerprint density at radius 1 is 1.16 bits per heavy atom. The summed E-state index contributed by atoms with van der Waals surface area (Å²) in [4.78, 5) is 0. The van der Waals surface area contributed by atoms with Crippen molar-refractivity contribution in [3.63, 3.8) is 0 Å². The lowest BCUT2D eigenvalue weighted by atomic mass is 10.1. The minimum atomic E-state index is -0.621. The summed E-state index contributed by atoms with van der Waals surface area (Å²) in [5.41, 5.74) is 6.64. The van der Waals surface area contributed by atoms with Crippen molar-refractivity contribution in [3.05, 3.63) is 65.2 Å². The molecule has 19 heavy (non-hydrogen) atoms. The monoisotopic (exact) mass is 262 g/mol. The van der Waals surface area contributed by atoms with Crippen molar-refractivity contribution in [1.29, 1.82) is 5.41 Å². The van der Waals surface area contributed by atoms with E-state index >= 15 is 0 Å². The first-order valence-electron chi connectivity index (χ1n) is 5.57. The molecular weight excluding hydrogens is 250 g/mol. The number of nitrogens with two attached hydrogens (primary N) is 1. The predicted octanol–water partition coefficient (Wildman–Crippen LogP) is 2.83. The van der Waals surface area contributed by atoms with Crippen LogP contribution in [0.3, 0.4) is 0 Å². The Morgan fingerprint density at radius 2 is 1.95 bits per heavy atom. The van der Waals surface area contributed by atoms with E-state index in [0.29, 0.717) is 5.56 Å². The molecule has 0 fully saturated rings. The van der Waals surface area contributed by atoms with Gasteiger partial charge in [0.25, 0.3) is 0 Å². The molecule has 0 spiro atoms. The number of hydrogen-bond acceptors (Lipinski definition) is 2. The summed E-state index contributed by atoms with van der Waals surface area (Å²) in [5.74, 6) is -1.38. The zero-order chi connectivity index (χ0) is 13.8. The maximum Gasteiger partial charge on any atom is 0.165 e. The van der Waals surface area contributed by atoms with E-state index in [1.807, 2.05) is 0 Å². The Hall–Kier alpha value is -2.43. The topological polar surface area (TPSA) is 59.1 Å². The highest BCUT2D eigenvalue weighted by molar-refractivity contribution is 5.95. The average molecular weight is 262 g/mol. The van der Waals surface area contributed by atoms with Crippen LogP contribution in [0.25, 0.3) is 0 Å². The summed E-state index contributed by atoms with van der Waals surface area (Å²) >= 11 is 0. The van der Waals surface area contributed by atoms with E-state index in [4.69, 9.17) is 15.9 Å². The van der Waals surface area contributed by atoms with Crippen LogP contribution in [0.1, 0.15) is 11.1 Å². The van der Waals surface area contributed by atoms with Gasteiger partial charge in [0.2, 0.25) is 0 Å². The smallest absolute Gasteiger partial charge is 0.165 e. The average Bonchev–Trinajstić information content (AvgIpc) is 2.40. The van der Waals surface area contributed by atoms with E-state index in [0.717, 1.165) is 23.8 Å². The van der Waals surface area contributed by atoms with Gasteiger partial charge in [0.1, 0.15) is 18.3 Å². The van der Waals surface area contributed by atoms with Crippen molar-refractivity contribution in [1.82, 2.24) is 0 Å². The Kier molecular flexibility index (Phi) is 3.75. The molecule has 2 aromatic carbocycles. The molecule has 0 aliphatic carbocycles. The van der Waals surface area contributed by atoms with Crippen LogP contribution in [0.4, 0.5) is 8.78 Å². The van der Waals surface area contributed by atoms with Gasteiger partial charge in [0.15, 0.2) is 11.6 Å². The highest BCUT2D eigenvalue weighted by Crippen LogP contribution is 2.19. The molecule has 0 unspecified atom stereocenters. The van der Waals surface area contributed by atoms with E-state index in [1.54, 1.807) is 24.3 Å². The van der Waals surface area contributed by atoms with Gasteiger partial charge < -0.3 is 10.5 Å². The summed E-state index contributed by atoms with van der Waals surface area (Å²) < 4.78 is 31.5. The van der Waals surface area contributed by atoms with Crippen LogP contribution in [0, 0.1) is 17.0 Å². The molecule has 0 bridgehead atoms. The lowest BCUT2D eigenvalue weighted by molar-refractivity contribution is 0.288. The molecule has 0 saturated heterocycles. The zero-order valence-corrected chi connectivity index (χ0v) is 9.99. The van der Waals surface area contributed by atoms with Gasteiger partial charge in [-0.3, -0.25) is 5.41 Å². The lowest BCUT2D eigenvalue weighted by Crippen LogP contribution is -2.11. The summed E-state index contributed by atoms with van der Waals surface area (Å²) in [6, 6.07) is 9.86. The molecule has 0 aromatic heterocycles. The maximum absolute atomic E-state index is 13.3. The van der Waals surface area contributed by atoms with Crippen LogP contribution < -0.4 is 10.5 Å². The fourth-order valence-electron chi connectivity index (χ4n) is 1.58. The summed E-state index contributed by atoms with van der Waals surface area (Å²) in [6.45, 7) is 0.0709. The summed E-state index contributed by atoms with van der Waals surface area (Å²) in [5, 5.41) is 7.32. The standard InChI is InChI=1S/C14H12F2N2O/c15-11-4-5-12(16)13(7-11)19-8-9-2-1-3-10(6-9)14(17)18/h1-7H,8H2,(H3,17,18). The van der Waals surface area contributed by atoms with Gasteiger partial charge in [0.05, 0.1) is 0 Å². The molecule has 5 heteroatoms. The first-order valence-corrected chi connectivity index (χ1v) is 5.57. The van der Waals surface area contributed by atoms with Crippen molar-refractivity contribution >= 4 is 5.84 Å². The predicted molar refractivity (Wildman–Crippen MR) is 68.1 cm³/mol. The number of ether oxygens (including phenoxy) is 1. The third kappa shape index (κ3) is 3.28. The van der Waals surface area contributed by atoms with E-state index in [9.17, 15) is 8.78 Å². The van der Waals surface area contributed by atoms with Crippen molar-refractivity contribution in [2.24, 2.45) is 5.73 Å². The molecule has 0 amide bonds. The molecule has 0 saturated carbocycles. The largest absolute Gasteiger partial charge is 0.486 e. The van der Waals surface area contributed by atoms with E-state index in [1.165, 1.54) is 0 Å². The number of benzene rings is 2. The summed E-state index contributed by atoms with van der Waals surface area (Å²) in [6.07, 6.45) is 0. The minimum Gasteiger partial charge on any atom is -0.486 e. The number of hydrogen-bond donors (Lipinski definition) is 2. The Bertz CT molecular complexity index is 614. The maximum atomic E-state index is 13.3. The van der Waals surface area contributed by atoms with E-state index < -0.39 is 11.6 Å². The fourth-order valence-corrected chi connectivity index (χ4v) is 1.58. The van der Waals surface area contributed by atoms with Crippen LogP contribution in [0.5, 0.6) is 5.75 Å². The van der Waals surface area contributed by atoms with Gasteiger partial charge in [0, 0.05) is 11.6 Å². The van der Waals surface area contributed by atoms with Gasteiger partial charge in [-0.1, -0.05) is 18.2 Å². The van der Waals surface area contributed by atoms with Crippen LogP contribution in [-0.4, -0.2) is 5.84 Å². The second kappa shape index (κ2) is 5.48. The molecule has 2 rings (SSSR count). The Balaban J connectivity index is 2.12. The second-order valence-electron chi connectivity index (χ2n) is 3.98. The molecule has 0 atom stereocenters. The van der Waals surface area contributed by atoms with Gasteiger partial charge in [-0.2, -0.15) is 0 Å². The number of nitrogen functional groups attached to an aromatic ring is 1. The first kappa shape index (κ1) is 13.0. The SMILES string of the molecule is N=C(N)c1cccc(COc2cc(F)ccc2F)c1. The van der Waals surface area contributed by atoms with Crippen LogP contribution in [0.15, 0.2) is 42.5 Å². The van der Waals surface area contributed by atoms with Gasteiger partial charge in [-0.25, -0.2) is 8.78 Å². The van der Waals surface area contributed by atoms with Crippen LogP contribution in [0.2, 0.25) is 0 Å². The molecule has 3 N–H and O–H groups in total. The van der Waals surface area contributed by atoms with Crippen LogP contribution >= 0.6 is 0 Å². The zero-order valence-electron chi connectivity index (χ0n) is 9.99. The number of rotatable bonds is 4. The molecule has 98 valence electrons. The molecule has 0 heterocycles. The van der Waals surface area contributed by atoms with E-state index in [2.05, 4.69) is 0 Å². The van der Waals surface area contributed by atoms with Crippen molar-refractivity contribution in [3.8, 4) is 5.75 Å². The number of amidine groups is 1. The number of halogens is 2. The molecule has 0 aliphatic heterocycles. The highest BCUT2D eigenvalue weighted by atomic mass is 19.1. The molecule has 3 nitrogen and oxygen atoms in total. The minimum absolute atomic E-state index is 0.0567. The fraction of sp³-hybridized carbons (Fsp3) is 0.0714. The first-order chi connectivity index (χ1) is 9.06. The van der Waals surface area contributed by atoms with Gasteiger partial charge in [-0.15, -0.1) is 0 Å². The van der Waals surface area contributed by atoms with Gasteiger partial charge >= 0.3 is 0 Å². The summed E-state index contributed by atoms with van der Waals surface area (Å²) in [7, 11) is 0. The number of nitrogens with one attached hydrogen (secondary N) is 1. The van der Waals surface area contributed by atoms with E-state index in [-0.39, 0.29) is 18.2 Å². The normalized spacial score (nSPS) is 10.2. The Labute approximate surface area is 109 Å². The Morgan fingerprint density at radius 3 is 2.68 bits per heavy atom. The molecule has 0 aliphatic rings. The van der Waals surface area contributed by atoms with Crippen LogP contribution in [-0.2, 0) is 6.61 Å². The van der Waals surface area contributed by atoms with Crippen molar-refractivity contribution in [2.75, 3.05) is 0 Å². The van der Waals surface area contributed by atoms with Crippen molar-refractivity contribution < 1.29 is 13.5 Å². The highest BCUT2D eigenvalue weighted by Gasteiger charge is 2.06. The quantitative estimate of drug-likeness (QED) is 0.657. The second-order valence-corrected chi connectivity index (χ2v) is 3.98. The molecule has 2 aromatic rings. The van der Waals surface area contributed by atoms with Gasteiger partial charge in [-0.05, 0) is 23.8 Å².